The van der Waals surface area contributed by atoms with E-state index in [-0.39, 0.29) is 11.8 Å². The lowest BCUT2D eigenvalue weighted by Gasteiger charge is -2.02. The molecule has 3 heteroatoms. The van der Waals surface area contributed by atoms with E-state index in [1.807, 2.05) is 25.1 Å². The molecule has 0 fully saturated rings. The van der Waals surface area contributed by atoms with Crippen LogP contribution in [-0.4, -0.2) is 23.8 Å². The molecule has 1 aliphatic heterocycles. The van der Waals surface area contributed by atoms with Gasteiger partial charge in [-0.05, 0) is 24.6 Å². The van der Waals surface area contributed by atoms with Crippen molar-refractivity contribution in [3.05, 3.63) is 41.0 Å². The number of fused-ring (bicyclic) bond motifs is 1. The maximum Gasteiger partial charge on any atom is 0.261 e. The number of hydrogen-bond acceptors (Lipinski definition) is 2. The first-order chi connectivity index (χ1) is 7.15. The Balaban J connectivity index is 2.56. The van der Waals surface area contributed by atoms with Crippen molar-refractivity contribution >= 4 is 17.9 Å². The SMILES string of the molecule is C/C=C\c1ccc2c(c1)C(=O)N(C)C2=O. The van der Waals surface area contributed by atoms with E-state index in [1.54, 1.807) is 12.1 Å². The van der Waals surface area contributed by atoms with Crippen LogP contribution < -0.4 is 0 Å². The second kappa shape index (κ2) is 3.35. The van der Waals surface area contributed by atoms with E-state index in [4.69, 9.17) is 0 Å². The Labute approximate surface area is 88.0 Å². The number of rotatable bonds is 1. The summed E-state index contributed by atoms with van der Waals surface area (Å²) in [6, 6.07) is 5.29. The zero-order valence-electron chi connectivity index (χ0n) is 8.65. The zero-order chi connectivity index (χ0) is 11.0. The second-order valence-electron chi connectivity index (χ2n) is 3.47. The van der Waals surface area contributed by atoms with Gasteiger partial charge in [-0.3, -0.25) is 14.5 Å². The van der Waals surface area contributed by atoms with E-state index in [9.17, 15) is 9.59 Å². The van der Waals surface area contributed by atoms with E-state index >= 15 is 0 Å². The van der Waals surface area contributed by atoms with Gasteiger partial charge < -0.3 is 0 Å². The molecular weight excluding hydrogens is 190 g/mol. The van der Waals surface area contributed by atoms with E-state index < -0.39 is 0 Å². The number of carbonyl (C=O) groups is 2. The summed E-state index contributed by atoms with van der Waals surface area (Å²) in [5, 5.41) is 0. The van der Waals surface area contributed by atoms with Crippen LogP contribution in [-0.2, 0) is 0 Å². The minimum atomic E-state index is -0.221. The number of imide groups is 1. The first-order valence-corrected chi connectivity index (χ1v) is 4.74. The van der Waals surface area contributed by atoms with Gasteiger partial charge >= 0.3 is 0 Å². The van der Waals surface area contributed by atoms with E-state index in [1.165, 1.54) is 7.05 Å². The van der Waals surface area contributed by atoms with Crippen molar-refractivity contribution in [2.24, 2.45) is 0 Å². The Bertz CT molecular complexity index is 475. The van der Waals surface area contributed by atoms with Crippen LogP contribution in [0.4, 0.5) is 0 Å². The number of nitrogens with zero attached hydrogens (tertiary/aromatic N) is 1. The molecule has 0 bridgehead atoms. The van der Waals surface area contributed by atoms with Crippen LogP contribution in [0.15, 0.2) is 24.3 Å². The van der Waals surface area contributed by atoms with Gasteiger partial charge in [-0.25, -0.2) is 0 Å². The number of amides is 2. The van der Waals surface area contributed by atoms with Gasteiger partial charge in [-0.15, -0.1) is 0 Å². The fourth-order valence-corrected chi connectivity index (χ4v) is 1.68. The summed E-state index contributed by atoms with van der Waals surface area (Å²) in [5.74, 6) is -0.441. The molecule has 1 heterocycles. The third-order valence-electron chi connectivity index (χ3n) is 2.47. The van der Waals surface area contributed by atoms with Crippen molar-refractivity contribution in [1.82, 2.24) is 4.90 Å². The van der Waals surface area contributed by atoms with Crippen molar-refractivity contribution in [3.8, 4) is 0 Å². The lowest BCUT2D eigenvalue weighted by molar-refractivity contribution is 0.0693. The molecule has 0 radical (unpaired) electrons. The van der Waals surface area contributed by atoms with Crippen molar-refractivity contribution in [2.75, 3.05) is 7.05 Å². The smallest absolute Gasteiger partial charge is 0.261 e. The molecule has 1 aromatic carbocycles. The average molecular weight is 201 g/mol. The minimum absolute atomic E-state index is 0.220. The molecule has 0 aromatic heterocycles. The second-order valence-corrected chi connectivity index (χ2v) is 3.47. The highest BCUT2D eigenvalue weighted by Crippen LogP contribution is 2.22. The number of carbonyl (C=O) groups excluding carboxylic acids is 2. The van der Waals surface area contributed by atoms with Crippen LogP contribution in [0.3, 0.4) is 0 Å². The van der Waals surface area contributed by atoms with Crippen molar-refractivity contribution in [1.29, 1.82) is 0 Å². The van der Waals surface area contributed by atoms with Crippen LogP contribution in [0.1, 0.15) is 33.2 Å². The molecule has 0 spiro atoms. The van der Waals surface area contributed by atoms with Crippen LogP contribution in [0.2, 0.25) is 0 Å². The summed E-state index contributed by atoms with van der Waals surface area (Å²) < 4.78 is 0. The molecular formula is C12H11NO2. The van der Waals surface area contributed by atoms with Crippen LogP contribution in [0.25, 0.3) is 6.08 Å². The van der Waals surface area contributed by atoms with E-state index in [0.29, 0.717) is 11.1 Å². The summed E-state index contributed by atoms with van der Waals surface area (Å²) in [5.41, 5.74) is 1.93. The first kappa shape index (κ1) is 9.65. The van der Waals surface area contributed by atoms with Gasteiger partial charge in [-0.2, -0.15) is 0 Å². The topological polar surface area (TPSA) is 37.4 Å². The van der Waals surface area contributed by atoms with Gasteiger partial charge in [0, 0.05) is 7.05 Å². The molecule has 2 rings (SSSR count). The molecule has 3 nitrogen and oxygen atoms in total. The fraction of sp³-hybridized carbons (Fsp3) is 0.167. The van der Waals surface area contributed by atoms with Crippen molar-refractivity contribution in [3.63, 3.8) is 0 Å². The molecule has 15 heavy (non-hydrogen) atoms. The molecule has 0 N–H and O–H groups in total. The van der Waals surface area contributed by atoms with E-state index in [0.717, 1.165) is 10.5 Å². The highest BCUT2D eigenvalue weighted by molar-refractivity contribution is 6.21. The minimum Gasteiger partial charge on any atom is -0.277 e. The molecule has 1 aromatic rings. The normalized spacial score (nSPS) is 15.2. The summed E-state index contributed by atoms with van der Waals surface area (Å²) in [6.07, 6.45) is 3.79. The Morgan fingerprint density at radius 3 is 2.47 bits per heavy atom. The Morgan fingerprint density at radius 2 is 1.80 bits per heavy atom. The van der Waals surface area contributed by atoms with Gasteiger partial charge in [0.1, 0.15) is 0 Å². The standard InChI is InChI=1S/C12H11NO2/c1-3-4-8-5-6-9-10(7-8)12(15)13(2)11(9)14/h3-7H,1-2H3/b4-3-. The van der Waals surface area contributed by atoms with E-state index in [2.05, 4.69) is 0 Å². The number of benzene rings is 1. The predicted molar refractivity (Wildman–Crippen MR) is 57.6 cm³/mol. The molecule has 0 saturated heterocycles. The molecule has 0 saturated carbocycles. The van der Waals surface area contributed by atoms with Crippen molar-refractivity contribution in [2.45, 2.75) is 6.92 Å². The largest absolute Gasteiger partial charge is 0.277 e. The Hall–Kier alpha value is -1.90. The summed E-state index contributed by atoms with van der Waals surface area (Å²) in [4.78, 5) is 24.4. The zero-order valence-corrected chi connectivity index (χ0v) is 8.65. The van der Waals surface area contributed by atoms with Gasteiger partial charge in [0.2, 0.25) is 0 Å². The lowest BCUT2D eigenvalue weighted by Crippen LogP contribution is -2.24. The molecule has 0 unspecified atom stereocenters. The quantitative estimate of drug-likeness (QED) is 0.651. The van der Waals surface area contributed by atoms with Gasteiger partial charge in [-0.1, -0.05) is 18.2 Å². The van der Waals surface area contributed by atoms with Gasteiger partial charge in [0.15, 0.2) is 0 Å². The Morgan fingerprint density at radius 1 is 1.13 bits per heavy atom. The van der Waals surface area contributed by atoms with Crippen molar-refractivity contribution < 1.29 is 9.59 Å². The molecule has 0 atom stereocenters. The maximum atomic E-state index is 11.6. The number of hydrogen-bond donors (Lipinski definition) is 0. The fourth-order valence-electron chi connectivity index (χ4n) is 1.68. The summed E-state index contributed by atoms with van der Waals surface area (Å²) in [7, 11) is 1.50. The lowest BCUT2D eigenvalue weighted by atomic mass is 10.1. The molecule has 0 aliphatic carbocycles. The number of allylic oxidation sites excluding steroid dienone is 1. The maximum absolute atomic E-state index is 11.6. The highest BCUT2D eigenvalue weighted by Gasteiger charge is 2.32. The first-order valence-electron chi connectivity index (χ1n) is 4.74. The van der Waals surface area contributed by atoms with Crippen LogP contribution in [0, 0.1) is 0 Å². The Kier molecular flexibility index (Phi) is 2.15. The molecule has 1 aliphatic rings. The molecule has 76 valence electrons. The highest BCUT2D eigenvalue weighted by atomic mass is 16.2. The average Bonchev–Trinajstić information content (AvgIpc) is 2.45. The molecule has 2 amide bonds. The van der Waals surface area contributed by atoms with Gasteiger partial charge in [0.05, 0.1) is 11.1 Å². The monoisotopic (exact) mass is 201 g/mol. The summed E-state index contributed by atoms with van der Waals surface area (Å²) >= 11 is 0. The van der Waals surface area contributed by atoms with Crippen LogP contribution in [0.5, 0.6) is 0 Å². The van der Waals surface area contributed by atoms with Gasteiger partial charge in [0.25, 0.3) is 11.8 Å². The third kappa shape index (κ3) is 1.36. The third-order valence-corrected chi connectivity index (χ3v) is 2.47. The predicted octanol–water partition coefficient (Wildman–Crippen LogP) is 1.95. The summed E-state index contributed by atoms with van der Waals surface area (Å²) in [6.45, 7) is 1.91. The van der Waals surface area contributed by atoms with Crippen LogP contribution >= 0.6 is 0 Å².